The van der Waals surface area contributed by atoms with Gasteiger partial charge in [-0.25, -0.2) is 4.99 Å². The molecule has 2 N–H and O–H groups in total. The number of hydrogen-bond acceptors (Lipinski definition) is 3. The minimum absolute atomic E-state index is 0. The summed E-state index contributed by atoms with van der Waals surface area (Å²) in [4.78, 5) is 19.9. The van der Waals surface area contributed by atoms with E-state index in [2.05, 4.69) is 53.0 Å². The molecule has 0 aliphatic heterocycles. The molecule has 0 heterocycles. The van der Waals surface area contributed by atoms with Crippen LogP contribution in [0.15, 0.2) is 58.4 Å². The smallest absolute Gasteiger partial charge is 0.251 e. The van der Waals surface area contributed by atoms with Gasteiger partial charge in [0.25, 0.3) is 5.91 Å². The molecule has 0 bridgehead atoms. The molecule has 2 aromatic rings. The molecule has 2 rings (SSSR count). The molecule has 0 saturated heterocycles. The molecule has 0 aliphatic rings. The molecule has 0 radical (unpaired) electrons. The maximum Gasteiger partial charge on any atom is 0.251 e. The number of nitrogens with one attached hydrogen (secondary N) is 2. The lowest BCUT2D eigenvalue weighted by Crippen LogP contribution is -2.38. The van der Waals surface area contributed by atoms with E-state index in [0.717, 1.165) is 24.6 Å². The Kier molecular flexibility index (Phi) is 11.0. The topological polar surface area (TPSA) is 56.7 Å². The molecule has 0 saturated carbocycles. The molecule has 0 aliphatic carbocycles. The third kappa shape index (κ3) is 7.35. The lowest BCUT2D eigenvalue weighted by atomic mass is 10.1. The van der Waals surface area contributed by atoms with Crippen LogP contribution in [0.2, 0.25) is 0 Å². The molecule has 1 amide bonds. The monoisotopic (exact) mass is 512 g/mol. The maximum atomic E-state index is 11.8. The minimum Gasteiger partial charge on any atom is -0.357 e. The number of guanidine groups is 1. The number of nitrogens with zero attached hydrogens (tertiary/aromatic N) is 2. The predicted molar refractivity (Wildman–Crippen MR) is 130 cm³/mol. The molecule has 0 unspecified atom stereocenters. The van der Waals surface area contributed by atoms with Crippen LogP contribution in [0.5, 0.6) is 0 Å². The second kappa shape index (κ2) is 12.7. The normalized spacial score (nSPS) is 10.8. The van der Waals surface area contributed by atoms with Crippen molar-refractivity contribution in [1.82, 2.24) is 15.5 Å². The van der Waals surface area contributed by atoms with Gasteiger partial charge in [-0.1, -0.05) is 24.3 Å². The van der Waals surface area contributed by atoms with Crippen molar-refractivity contribution in [3.63, 3.8) is 0 Å². The van der Waals surface area contributed by atoms with Crippen LogP contribution >= 0.6 is 35.7 Å². The summed E-state index contributed by atoms with van der Waals surface area (Å²) in [6.45, 7) is 4.15. The van der Waals surface area contributed by atoms with E-state index in [9.17, 15) is 4.79 Å². The van der Waals surface area contributed by atoms with Crippen molar-refractivity contribution < 1.29 is 4.79 Å². The summed E-state index contributed by atoms with van der Waals surface area (Å²) >= 11 is 1.74. The van der Waals surface area contributed by atoms with Crippen molar-refractivity contribution in [2.45, 2.75) is 24.9 Å². The van der Waals surface area contributed by atoms with Crippen LogP contribution in [-0.2, 0) is 13.1 Å². The standard InChI is InChI=1S/C21H28N4OS.HI/c1-5-23-21(25(3)15-16-9-11-19(27-4)12-10-16)24-14-17-7-6-8-18(13-17)20(26)22-2;/h6-13H,5,14-15H2,1-4H3,(H,22,26)(H,23,24);1H. The van der Waals surface area contributed by atoms with Crippen molar-refractivity contribution >= 4 is 47.6 Å². The van der Waals surface area contributed by atoms with E-state index < -0.39 is 0 Å². The number of carbonyl (C=O) groups is 1. The molecular formula is C21H29IN4OS. The number of carbonyl (C=O) groups excluding carboxylic acids is 1. The minimum atomic E-state index is -0.0847. The summed E-state index contributed by atoms with van der Waals surface area (Å²) in [5.41, 5.74) is 2.89. The van der Waals surface area contributed by atoms with E-state index in [1.54, 1.807) is 18.8 Å². The van der Waals surface area contributed by atoms with Crippen LogP contribution in [0.3, 0.4) is 0 Å². The largest absolute Gasteiger partial charge is 0.357 e. The Morgan fingerprint density at radius 1 is 1.14 bits per heavy atom. The maximum absolute atomic E-state index is 11.8. The van der Waals surface area contributed by atoms with E-state index in [4.69, 9.17) is 4.99 Å². The first kappa shape index (κ1) is 24.3. The third-order valence-corrected chi connectivity index (χ3v) is 4.85. The number of rotatable bonds is 7. The molecule has 5 nitrogen and oxygen atoms in total. The average molecular weight is 512 g/mol. The van der Waals surface area contributed by atoms with E-state index >= 15 is 0 Å². The molecule has 0 fully saturated rings. The van der Waals surface area contributed by atoms with Crippen LogP contribution in [0, 0.1) is 0 Å². The molecule has 0 aromatic heterocycles. The number of hydrogen-bond donors (Lipinski definition) is 2. The lowest BCUT2D eigenvalue weighted by Gasteiger charge is -2.22. The number of benzene rings is 2. The first-order chi connectivity index (χ1) is 13.1. The zero-order valence-corrected chi connectivity index (χ0v) is 20.0. The van der Waals surface area contributed by atoms with Crippen molar-refractivity contribution in [3.8, 4) is 0 Å². The van der Waals surface area contributed by atoms with Gasteiger partial charge in [-0.05, 0) is 48.6 Å². The van der Waals surface area contributed by atoms with Crippen LogP contribution in [-0.4, -0.2) is 43.7 Å². The number of amides is 1. The van der Waals surface area contributed by atoms with Gasteiger partial charge in [0.2, 0.25) is 0 Å². The van der Waals surface area contributed by atoms with E-state index in [0.29, 0.717) is 12.1 Å². The molecule has 152 valence electrons. The summed E-state index contributed by atoms with van der Waals surface area (Å²) in [6, 6.07) is 16.1. The van der Waals surface area contributed by atoms with Crippen LogP contribution in [0.4, 0.5) is 0 Å². The van der Waals surface area contributed by atoms with Gasteiger partial charge in [0.15, 0.2) is 5.96 Å². The Morgan fingerprint density at radius 2 is 1.86 bits per heavy atom. The molecule has 28 heavy (non-hydrogen) atoms. The fourth-order valence-electron chi connectivity index (χ4n) is 2.67. The van der Waals surface area contributed by atoms with Gasteiger partial charge in [-0.2, -0.15) is 0 Å². The first-order valence-electron chi connectivity index (χ1n) is 9.00. The summed E-state index contributed by atoms with van der Waals surface area (Å²) in [7, 11) is 3.67. The number of aliphatic imine (C=N–C) groups is 1. The Hall–Kier alpha value is -1.74. The molecule has 7 heteroatoms. The molecular weight excluding hydrogens is 483 g/mol. The Bertz CT molecular complexity index is 780. The predicted octanol–water partition coefficient (Wildman–Crippen LogP) is 3.98. The van der Waals surface area contributed by atoms with Crippen molar-refractivity contribution in [3.05, 3.63) is 65.2 Å². The van der Waals surface area contributed by atoms with Gasteiger partial charge >= 0.3 is 0 Å². The summed E-state index contributed by atoms with van der Waals surface area (Å²) < 4.78 is 0. The van der Waals surface area contributed by atoms with E-state index in [1.165, 1.54) is 10.5 Å². The quantitative estimate of drug-likeness (QED) is 0.255. The van der Waals surface area contributed by atoms with E-state index in [-0.39, 0.29) is 29.9 Å². The summed E-state index contributed by atoms with van der Waals surface area (Å²) in [5.74, 6) is 0.760. The summed E-state index contributed by atoms with van der Waals surface area (Å²) in [5, 5.41) is 5.99. The highest BCUT2D eigenvalue weighted by molar-refractivity contribution is 14.0. The Labute approximate surface area is 189 Å². The van der Waals surface area contributed by atoms with Gasteiger partial charge in [0, 0.05) is 37.6 Å². The van der Waals surface area contributed by atoms with E-state index in [1.807, 2.05) is 31.3 Å². The van der Waals surface area contributed by atoms with Crippen molar-refractivity contribution in [1.29, 1.82) is 0 Å². The van der Waals surface area contributed by atoms with Gasteiger partial charge in [-0.3, -0.25) is 4.79 Å². The van der Waals surface area contributed by atoms with Gasteiger partial charge in [-0.15, -0.1) is 35.7 Å². The van der Waals surface area contributed by atoms with Gasteiger partial charge in [0.05, 0.1) is 6.54 Å². The third-order valence-electron chi connectivity index (χ3n) is 4.10. The highest BCUT2D eigenvalue weighted by Gasteiger charge is 2.08. The Morgan fingerprint density at radius 3 is 2.46 bits per heavy atom. The zero-order chi connectivity index (χ0) is 19.6. The highest BCUT2D eigenvalue weighted by Crippen LogP contribution is 2.15. The summed E-state index contributed by atoms with van der Waals surface area (Å²) in [6.07, 6.45) is 2.08. The van der Waals surface area contributed by atoms with Crippen LogP contribution in [0.1, 0.15) is 28.4 Å². The first-order valence-corrected chi connectivity index (χ1v) is 10.2. The lowest BCUT2D eigenvalue weighted by molar-refractivity contribution is 0.0963. The molecule has 0 spiro atoms. The fraction of sp³-hybridized carbons (Fsp3) is 0.333. The number of thioether (sulfide) groups is 1. The Balaban J connectivity index is 0.00000392. The van der Waals surface area contributed by atoms with Crippen molar-refractivity contribution in [2.24, 2.45) is 4.99 Å². The van der Waals surface area contributed by atoms with Crippen LogP contribution in [0.25, 0.3) is 0 Å². The highest BCUT2D eigenvalue weighted by atomic mass is 127. The van der Waals surface area contributed by atoms with Crippen LogP contribution < -0.4 is 10.6 Å². The van der Waals surface area contributed by atoms with Crippen molar-refractivity contribution in [2.75, 3.05) is 26.9 Å². The van der Waals surface area contributed by atoms with Gasteiger partial charge in [0.1, 0.15) is 0 Å². The number of halogens is 1. The second-order valence-electron chi connectivity index (χ2n) is 6.15. The average Bonchev–Trinajstić information content (AvgIpc) is 2.71. The molecule has 0 atom stereocenters. The fourth-order valence-corrected chi connectivity index (χ4v) is 3.08. The zero-order valence-electron chi connectivity index (χ0n) is 16.9. The van der Waals surface area contributed by atoms with Gasteiger partial charge < -0.3 is 15.5 Å². The molecule has 2 aromatic carbocycles. The SMILES string of the molecule is CCNC(=NCc1cccc(C(=O)NC)c1)N(C)Cc1ccc(SC)cc1.I. The second-order valence-corrected chi connectivity index (χ2v) is 7.03.